The van der Waals surface area contributed by atoms with Crippen molar-refractivity contribution in [2.24, 2.45) is 20.0 Å². The van der Waals surface area contributed by atoms with Crippen LogP contribution >= 0.6 is 0 Å². The maximum atomic E-state index is 12.4. The summed E-state index contributed by atoms with van der Waals surface area (Å²) in [5.41, 5.74) is 4.23. The smallest absolute Gasteiger partial charge is 0.179 e. The first-order chi connectivity index (χ1) is 20.6. The predicted octanol–water partition coefficient (Wildman–Crippen LogP) is 3.56. The molecule has 0 atom stereocenters. The first-order valence-electron chi connectivity index (χ1n) is 13.3. The number of nitrogens with one attached hydrogen (secondary N) is 4. The zero-order valence-electron chi connectivity index (χ0n) is 21.7. The van der Waals surface area contributed by atoms with E-state index in [-0.39, 0.29) is 11.6 Å². The molecule has 3 aliphatic heterocycles. The lowest BCUT2D eigenvalue weighted by Crippen LogP contribution is -2.27. The van der Waals surface area contributed by atoms with Gasteiger partial charge in [-0.25, -0.2) is 20.0 Å². The van der Waals surface area contributed by atoms with E-state index in [1.165, 1.54) is 18.2 Å². The SMILES string of the molecule is O=C1C=CC2=C3N=C(N=C4N=C(Nc5[nH]c(c6ccccc56)Nc5[nH]c(c6c5C=CC(=O)C=6)=N3)c3ccccc34)C2=C1. The summed E-state index contributed by atoms with van der Waals surface area (Å²) in [6.07, 6.45) is 9.56. The number of nitrogens with zero attached hydrogens (tertiary/aromatic N) is 4. The highest BCUT2D eigenvalue weighted by atomic mass is 16.1. The highest BCUT2D eigenvalue weighted by Gasteiger charge is 2.29. The summed E-state index contributed by atoms with van der Waals surface area (Å²) in [6, 6.07) is 15.9. The van der Waals surface area contributed by atoms with Gasteiger partial charge in [0.1, 0.15) is 28.8 Å². The van der Waals surface area contributed by atoms with Gasteiger partial charge in [-0.05, 0) is 36.5 Å². The molecule has 4 N–H and O–H groups in total. The number of hydrogen-bond acceptors (Lipinski definition) is 8. The normalized spacial score (nSPS) is 17.7. The van der Waals surface area contributed by atoms with E-state index in [0.29, 0.717) is 51.0 Å². The van der Waals surface area contributed by atoms with E-state index in [1.807, 2.05) is 48.5 Å². The van der Waals surface area contributed by atoms with Crippen LogP contribution in [-0.4, -0.2) is 39.0 Å². The standard InChI is InChI=1S/C32H18N8O2/c41-15-9-11-21-23(13-15)32-38-29(21)36-27-18-6-2-1-5-17(18)25(34-27)33-26-19-7-3-4-8-20(19)28(35-26)37-31-24-14-16(42)10-12-22(24)30(39-31)40-32/h1-14,34,36H,(H,38,40)(H,33,35,37,39). The number of ketones is 2. The third-order valence-electron chi connectivity index (χ3n) is 7.72. The van der Waals surface area contributed by atoms with Gasteiger partial charge in [0, 0.05) is 43.8 Å². The molecule has 10 heteroatoms. The van der Waals surface area contributed by atoms with Gasteiger partial charge in [-0.15, -0.1) is 0 Å². The van der Waals surface area contributed by atoms with Crippen molar-refractivity contribution in [3.05, 3.63) is 117 Å². The zero-order chi connectivity index (χ0) is 27.9. The molecule has 2 aliphatic carbocycles. The van der Waals surface area contributed by atoms with E-state index in [2.05, 4.69) is 20.6 Å². The molecule has 0 spiro atoms. The molecule has 10 nitrogen and oxygen atoms in total. The monoisotopic (exact) mass is 546 g/mol. The summed E-state index contributed by atoms with van der Waals surface area (Å²) in [5, 5.41) is 9.57. The quantitative estimate of drug-likeness (QED) is 0.268. The van der Waals surface area contributed by atoms with Gasteiger partial charge in [-0.1, -0.05) is 48.5 Å². The Kier molecular flexibility index (Phi) is 4.41. The van der Waals surface area contributed by atoms with E-state index < -0.39 is 0 Å². The molecule has 4 aromatic rings. The number of aromatic amines is 2. The molecule has 198 valence electrons. The summed E-state index contributed by atoms with van der Waals surface area (Å²) < 4.78 is 0. The molecule has 2 aromatic carbocycles. The molecular formula is C32H18N8O2. The van der Waals surface area contributed by atoms with E-state index in [0.717, 1.165) is 39.1 Å². The molecule has 0 saturated carbocycles. The van der Waals surface area contributed by atoms with Gasteiger partial charge in [0.15, 0.2) is 29.1 Å². The van der Waals surface area contributed by atoms with Crippen LogP contribution in [0.5, 0.6) is 0 Å². The predicted molar refractivity (Wildman–Crippen MR) is 161 cm³/mol. The third kappa shape index (κ3) is 3.26. The lowest BCUT2D eigenvalue weighted by molar-refractivity contribution is -0.110. The first kappa shape index (κ1) is 22.6. The average Bonchev–Trinajstić information content (AvgIpc) is 3.72. The van der Waals surface area contributed by atoms with Gasteiger partial charge in [0.25, 0.3) is 0 Å². The Hall–Kier alpha value is -6.16. The minimum atomic E-state index is -0.159. The Morgan fingerprint density at radius 3 is 2.19 bits per heavy atom. The van der Waals surface area contributed by atoms with Crippen LogP contribution in [0.3, 0.4) is 0 Å². The molecule has 5 heterocycles. The number of fused-ring (bicyclic) bond motifs is 17. The van der Waals surface area contributed by atoms with E-state index in [4.69, 9.17) is 20.0 Å². The minimum absolute atomic E-state index is 0.135. The van der Waals surface area contributed by atoms with Crippen LogP contribution in [-0.2, 0) is 9.59 Å². The Morgan fingerprint density at radius 2 is 1.33 bits per heavy atom. The molecule has 0 unspecified atom stereocenters. The minimum Gasteiger partial charge on any atom is -0.327 e. The van der Waals surface area contributed by atoms with Crippen molar-refractivity contribution in [1.82, 2.24) is 9.97 Å². The average molecular weight is 547 g/mol. The lowest BCUT2D eigenvalue weighted by atomic mass is 10.00. The van der Waals surface area contributed by atoms with E-state index in [1.54, 1.807) is 18.2 Å². The van der Waals surface area contributed by atoms with Crippen molar-refractivity contribution in [2.75, 3.05) is 10.6 Å². The molecule has 5 aliphatic rings. The zero-order valence-corrected chi connectivity index (χ0v) is 21.7. The second kappa shape index (κ2) is 8.18. The molecule has 42 heavy (non-hydrogen) atoms. The molecule has 0 radical (unpaired) electrons. The topological polar surface area (TPSA) is 139 Å². The molecule has 8 bridgehead atoms. The molecule has 0 amide bonds. The number of aliphatic imine (C=N–C) groups is 3. The fourth-order valence-corrected chi connectivity index (χ4v) is 5.79. The maximum Gasteiger partial charge on any atom is 0.179 e. The Labute approximate surface area is 236 Å². The summed E-state index contributed by atoms with van der Waals surface area (Å²) >= 11 is 0. The summed E-state index contributed by atoms with van der Waals surface area (Å²) in [5.74, 6) is 3.71. The highest BCUT2D eigenvalue weighted by molar-refractivity contribution is 6.30. The van der Waals surface area contributed by atoms with Crippen LogP contribution in [0.25, 0.3) is 22.9 Å². The second-order valence-corrected chi connectivity index (χ2v) is 10.2. The van der Waals surface area contributed by atoms with Crippen LogP contribution < -0.4 is 21.3 Å². The summed E-state index contributed by atoms with van der Waals surface area (Å²) in [6.45, 7) is 0. The number of aromatic nitrogens is 2. The van der Waals surface area contributed by atoms with Crippen molar-refractivity contribution in [2.45, 2.75) is 0 Å². The molecule has 2 aromatic heterocycles. The van der Waals surface area contributed by atoms with Gasteiger partial charge in [0.05, 0.1) is 0 Å². The number of benzene rings is 2. The van der Waals surface area contributed by atoms with Crippen molar-refractivity contribution >= 4 is 69.5 Å². The fourth-order valence-electron chi connectivity index (χ4n) is 5.79. The van der Waals surface area contributed by atoms with Crippen LogP contribution in [0.2, 0.25) is 0 Å². The number of rotatable bonds is 0. The second-order valence-electron chi connectivity index (χ2n) is 10.2. The van der Waals surface area contributed by atoms with E-state index in [9.17, 15) is 9.59 Å². The van der Waals surface area contributed by atoms with Gasteiger partial charge in [0.2, 0.25) is 0 Å². The number of anilines is 3. The fraction of sp³-hybridized carbons (Fsp3) is 0. The molecule has 0 fully saturated rings. The van der Waals surface area contributed by atoms with Crippen LogP contribution in [0.1, 0.15) is 16.7 Å². The largest absolute Gasteiger partial charge is 0.327 e. The Morgan fingerprint density at radius 1 is 0.595 bits per heavy atom. The highest BCUT2D eigenvalue weighted by Crippen LogP contribution is 2.35. The Balaban J connectivity index is 1.36. The first-order valence-corrected chi connectivity index (χ1v) is 13.3. The van der Waals surface area contributed by atoms with Crippen molar-refractivity contribution in [3.63, 3.8) is 0 Å². The van der Waals surface area contributed by atoms with Gasteiger partial charge >= 0.3 is 0 Å². The molecule has 9 rings (SSSR count). The summed E-state index contributed by atoms with van der Waals surface area (Å²) in [7, 11) is 0. The number of allylic oxidation sites excluding steroid dienone is 4. The van der Waals surface area contributed by atoms with Crippen LogP contribution in [0.15, 0.2) is 110 Å². The third-order valence-corrected chi connectivity index (χ3v) is 7.72. The number of hydrogen-bond donors (Lipinski definition) is 4. The van der Waals surface area contributed by atoms with Crippen molar-refractivity contribution in [1.29, 1.82) is 0 Å². The van der Waals surface area contributed by atoms with Crippen LogP contribution in [0, 0.1) is 0 Å². The summed E-state index contributed by atoms with van der Waals surface area (Å²) in [4.78, 5) is 51.1. The number of amidine groups is 3. The number of carbonyl (C=O) groups excluding carboxylic acids is 2. The molecule has 0 saturated heterocycles. The lowest BCUT2D eigenvalue weighted by Gasteiger charge is -2.07. The number of H-pyrrole nitrogens is 2. The van der Waals surface area contributed by atoms with E-state index >= 15 is 0 Å². The molecular weight excluding hydrogens is 528 g/mol. The van der Waals surface area contributed by atoms with Gasteiger partial charge < -0.3 is 20.6 Å². The van der Waals surface area contributed by atoms with Crippen LogP contribution in [0.4, 0.5) is 17.5 Å². The van der Waals surface area contributed by atoms with Crippen molar-refractivity contribution in [3.8, 4) is 0 Å². The van der Waals surface area contributed by atoms with Crippen molar-refractivity contribution < 1.29 is 9.59 Å². The number of carbonyl (C=O) groups is 2. The van der Waals surface area contributed by atoms with Gasteiger partial charge in [-0.2, -0.15) is 0 Å². The Bertz CT molecular complexity index is 2340. The maximum absolute atomic E-state index is 12.4. The van der Waals surface area contributed by atoms with Gasteiger partial charge in [-0.3, -0.25) is 9.59 Å².